The Hall–Kier alpha value is -0.0800. The van der Waals surface area contributed by atoms with Crippen LogP contribution in [0.2, 0.25) is 0 Å². The zero-order valence-electron chi connectivity index (χ0n) is 10.1. The van der Waals surface area contributed by atoms with Crippen LogP contribution in [0.3, 0.4) is 0 Å². The lowest BCUT2D eigenvalue weighted by atomic mass is 10.1. The first-order valence-corrected chi connectivity index (χ1v) is 7.43. The average molecular weight is 220 g/mol. The maximum atomic E-state index is 3.74. The Bertz CT molecular complexity index is 210. The third-order valence-corrected chi connectivity index (χ3v) is 4.94. The van der Waals surface area contributed by atoms with Gasteiger partial charge < -0.3 is 0 Å². The largest absolute Gasteiger partial charge is 0.254 e. The van der Waals surface area contributed by atoms with Crippen molar-refractivity contribution in [1.82, 2.24) is 10.9 Å². The number of nitrogens with one attached hydrogen (secondary N) is 2. The second-order valence-corrected chi connectivity index (χ2v) is 6.69. The minimum Gasteiger partial charge on any atom is -0.254 e. The Morgan fingerprint density at radius 1 is 0.500 bits per heavy atom. The topological polar surface area (TPSA) is 24.1 Å². The third kappa shape index (κ3) is 2.14. The second-order valence-electron chi connectivity index (χ2n) is 6.69. The molecule has 0 unspecified atom stereocenters. The van der Waals surface area contributed by atoms with Gasteiger partial charge in [0.05, 0.1) is 0 Å². The zero-order chi connectivity index (χ0) is 10.5. The molecule has 0 bridgehead atoms. The third-order valence-electron chi connectivity index (χ3n) is 4.94. The summed E-state index contributed by atoms with van der Waals surface area (Å²) in [4.78, 5) is 0. The first-order valence-electron chi connectivity index (χ1n) is 7.43. The van der Waals surface area contributed by atoms with Gasteiger partial charge in [-0.05, 0) is 75.0 Å². The Balaban J connectivity index is 1.31. The fourth-order valence-electron chi connectivity index (χ4n) is 3.26. The van der Waals surface area contributed by atoms with E-state index in [1.165, 1.54) is 51.4 Å². The summed E-state index contributed by atoms with van der Waals surface area (Å²) in [6, 6.07) is 1.64. The minimum atomic E-state index is 0.819. The summed E-state index contributed by atoms with van der Waals surface area (Å²) in [5, 5.41) is 0. The average Bonchev–Trinajstić information content (AvgIpc) is 3.10. The molecule has 2 N–H and O–H groups in total. The highest BCUT2D eigenvalue weighted by Gasteiger charge is 2.44. The number of rotatable bonds is 7. The molecule has 0 saturated heterocycles. The predicted molar refractivity (Wildman–Crippen MR) is 64.7 cm³/mol. The number of hydrogen-bond donors (Lipinski definition) is 2. The molecular formula is C14H24N2. The van der Waals surface area contributed by atoms with Crippen LogP contribution >= 0.6 is 0 Å². The van der Waals surface area contributed by atoms with Crippen LogP contribution in [0, 0.1) is 23.7 Å². The Morgan fingerprint density at radius 2 is 0.750 bits per heavy atom. The van der Waals surface area contributed by atoms with Gasteiger partial charge in [0.2, 0.25) is 0 Å². The van der Waals surface area contributed by atoms with Gasteiger partial charge in [0, 0.05) is 12.1 Å². The molecule has 0 aromatic carbocycles. The van der Waals surface area contributed by atoms with Gasteiger partial charge in [-0.15, -0.1) is 0 Å². The van der Waals surface area contributed by atoms with Crippen molar-refractivity contribution >= 4 is 0 Å². The van der Waals surface area contributed by atoms with Crippen LogP contribution in [-0.4, -0.2) is 12.1 Å². The summed E-state index contributed by atoms with van der Waals surface area (Å²) in [6.45, 7) is 0. The van der Waals surface area contributed by atoms with Crippen molar-refractivity contribution in [2.45, 2.75) is 63.5 Å². The van der Waals surface area contributed by atoms with Crippen molar-refractivity contribution in [3.05, 3.63) is 0 Å². The predicted octanol–water partition coefficient (Wildman–Crippen LogP) is 2.46. The molecule has 0 aliphatic heterocycles. The fraction of sp³-hybridized carbons (Fsp3) is 1.00. The van der Waals surface area contributed by atoms with Gasteiger partial charge in [-0.25, -0.2) is 0 Å². The minimum absolute atomic E-state index is 0.819. The summed E-state index contributed by atoms with van der Waals surface area (Å²) in [6.07, 6.45) is 11.8. The number of hydrogen-bond acceptors (Lipinski definition) is 2. The summed E-state index contributed by atoms with van der Waals surface area (Å²) >= 11 is 0. The van der Waals surface area contributed by atoms with Crippen molar-refractivity contribution < 1.29 is 0 Å². The molecule has 4 aliphatic carbocycles. The van der Waals surface area contributed by atoms with E-state index in [9.17, 15) is 0 Å². The van der Waals surface area contributed by atoms with Crippen LogP contribution in [0.5, 0.6) is 0 Å². The first kappa shape index (κ1) is 9.90. The quantitative estimate of drug-likeness (QED) is 0.644. The van der Waals surface area contributed by atoms with Crippen molar-refractivity contribution in [3.8, 4) is 0 Å². The maximum absolute atomic E-state index is 3.74. The van der Waals surface area contributed by atoms with E-state index < -0.39 is 0 Å². The number of hydrazine groups is 1. The van der Waals surface area contributed by atoms with Crippen LogP contribution in [0.15, 0.2) is 0 Å². The molecule has 0 spiro atoms. The molecule has 2 nitrogen and oxygen atoms in total. The van der Waals surface area contributed by atoms with Crippen LogP contribution in [-0.2, 0) is 0 Å². The van der Waals surface area contributed by atoms with Gasteiger partial charge in [0.15, 0.2) is 0 Å². The smallest absolute Gasteiger partial charge is 0.0269 e. The monoisotopic (exact) mass is 220 g/mol. The lowest BCUT2D eigenvalue weighted by Crippen LogP contribution is -2.50. The fourth-order valence-corrected chi connectivity index (χ4v) is 3.26. The molecule has 4 fully saturated rings. The van der Waals surface area contributed by atoms with Gasteiger partial charge in [-0.3, -0.25) is 10.9 Å². The molecule has 0 aromatic heterocycles. The molecule has 0 atom stereocenters. The van der Waals surface area contributed by atoms with Gasteiger partial charge in [0.1, 0.15) is 0 Å². The molecule has 90 valence electrons. The molecule has 4 saturated carbocycles. The zero-order valence-corrected chi connectivity index (χ0v) is 10.1. The van der Waals surface area contributed by atoms with Crippen molar-refractivity contribution in [2.75, 3.05) is 0 Å². The lowest BCUT2D eigenvalue weighted by molar-refractivity contribution is 0.289. The Labute approximate surface area is 98.5 Å². The normalized spacial score (nSPS) is 30.4. The molecular weight excluding hydrogens is 196 g/mol. The molecule has 0 radical (unpaired) electrons. The van der Waals surface area contributed by atoms with Gasteiger partial charge in [-0.2, -0.15) is 0 Å². The first-order chi connectivity index (χ1) is 7.92. The summed E-state index contributed by atoms with van der Waals surface area (Å²) in [5.41, 5.74) is 7.47. The molecule has 4 aliphatic rings. The van der Waals surface area contributed by atoms with E-state index in [-0.39, 0.29) is 0 Å². The standard InChI is InChI=1S/C14H24N2/c1-2-9(1)13(10-3-4-10)15-16-14(11-5-6-11)12-7-8-12/h9-16H,1-8H2. The Kier molecular flexibility index (Phi) is 2.29. The molecule has 0 heterocycles. The SMILES string of the molecule is C1CC1C(NNC(C1CC1)C1CC1)C1CC1. The van der Waals surface area contributed by atoms with Gasteiger partial charge in [0.25, 0.3) is 0 Å². The summed E-state index contributed by atoms with van der Waals surface area (Å²) in [7, 11) is 0. The van der Waals surface area contributed by atoms with Crippen LogP contribution in [0.25, 0.3) is 0 Å². The summed E-state index contributed by atoms with van der Waals surface area (Å²) in [5.74, 6) is 4.05. The highest BCUT2D eigenvalue weighted by Crippen LogP contribution is 2.46. The second kappa shape index (κ2) is 3.71. The molecule has 16 heavy (non-hydrogen) atoms. The van der Waals surface area contributed by atoms with E-state index in [4.69, 9.17) is 0 Å². The van der Waals surface area contributed by atoms with Crippen LogP contribution in [0.1, 0.15) is 51.4 Å². The van der Waals surface area contributed by atoms with E-state index in [0.29, 0.717) is 0 Å². The maximum Gasteiger partial charge on any atom is 0.0269 e. The molecule has 2 heteroatoms. The highest BCUT2D eigenvalue weighted by atomic mass is 15.4. The highest BCUT2D eigenvalue weighted by molar-refractivity contribution is 4.99. The van der Waals surface area contributed by atoms with Crippen molar-refractivity contribution in [3.63, 3.8) is 0 Å². The van der Waals surface area contributed by atoms with Crippen molar-refractivity contribution in [2.24, 2.45) is 23.7 Å². The molecule has 4 rings (SSSR count). The van der Waals surface area contributed by atoms with Gasteiger partial charge >= 0.3 is 0 Å². The van der Waals surface area contributed by atoms with E-state index >= 15 is 0 Å². The van der Waals surface area contributed by atoms with E-state index in [1.54, 1.807) is 0 Å². The van der Waals surface area contributed by atoms with E-state index in [2.05, 4.69) is 10.9 Å². The molecule has 0 amide bonds. The van der Waals surface area contributed by atoms with Crippen molar-refractivity contribution in [1.29, 1.82) is 0 Å². The Morgan fingerprint density at radius 3 is 0.938 bits per heavy atom. The summed E-state index contributed by atoms with van der Waals surface area (Å²) < 4.78 is 0. The van der Waals surface area contributed by atoms with Crippen LogP contribution in [0.4, 0.5) is 0 Å². The van der Waals surface area contributed by atoms with E-state index in [0.717, 1.165) is 35.8 Å². The van der Waals surface area contributed by atoms with Gasteiger partial charge in [-0.1, -0.05) is 0 Å². The van der Waals surface area contributed by atoms with E-state index in [1.807, 2.05) is 0 Å². The lowest BCUT2D eigenvalue weighted by Gasteiger charge is -2.24. The molecule has 0 aromatic rings. The van der Waals surface area contributed by atoms with Crippen LogP contribution < -0.4 is 10.9 Å².